The molecule has 1 aromatic carbocycles. The van der Waals surface area contributed by atoms with Crippen LogP contribution < -0.4 is 4.90 Å². The molecule has 0 radical (unpaired) electrons. The summed E-state index contributed by atoms with van der Waals surface area (Å²) in [5.74, 6) is 0.588. The average molecular weight is 386 g/mol. The number of phenols is 1. The Labute approximate surface area is 171 Å². The molecule has 0 saturated carbocycles. The fourth-order valence-electron chi connectivity index (χ4n) is 5.38. The first-order valence-corrected chi connectivity index (χ1v) is 11.2. The van der Waals surface area contributed by atoms with E-state index >= 15 is 0 Å². The maximum absolute atomic E-state index is 11.3. The second kappa shape index (κ2) is 7.21. The molecule has 1 aromatic rings. The van der Waals surface area contributed by atoms with Crippen molar-refractivity contribution in [2.45, 2.75) is 64.2 Å². The fourth-order valence-corrected chi connectivity index (χ4v) is 5.38. The Bertz CT molecular complexity index is 730. The molecule has 0 aliphatic carbocycles. The van der Waals surface area contributed by atoms with Crippen LogP contribution >= 0.6 is 0 Å². The number of hydrogen-bond acceptors (Lipinski definition) is 4. The maximum atomic E-state index is 11.3. The Balaban J connectivity index is 1.60. The van der Waals surface area contributed by atoms with Crippen LogP contribution in [0.4, 0.5) is 5.69 Å². The predicted molar refractivity (Wildman–Crippen MR) is 118 cm³/mol. The van der Waals surface area contributed by atoms with Crippen LogP contribution in [0.15, 0.2) is 6.07 Å². The molecule has 4 heteroatoms. The molecule has 156 valence electrons. The summed E-state index contributed by atoms with van der Waals surface area (Å²) in [5, 5.41) is 11.3. The number of aromatic hydroxyl groups is 1. The van der Waals surface area contributed by atoms with Crippen LogP contribution in [0, 0.1) is 0 Å². The van der Waals surface area contributed by atoms with E-state index in [9.17, 15) is 5.11 Å². The third-order valence-corrected chi connectivity index (χ3v) is 7.60. The lowest BCUT2D eigenvalue weighted by molar-refractivity contribution is 0.153. The van der Waals surface area contributed by atoms with E-state index in [0.29, 0.717) is 5.75 Å². The van der Waals surface area contributed by atoms with E-state index in [2.05, 4.69) is 55.5 Å². The quantitative estimate of drug-likeness (QED) is 0.855. The van der Waals surface area contributed by atoms with Crippen molar-refractivity contribution in [3.8, 4) is 5.75 Å². The van der Waals surface area contributed by atoms with Gasteiger partial charge in [0.2, 0.25) is 0 Å². The van der Waals surface area contributed by atoms with Crippen molar-refractivity contribution in [3.63, 3.8) is 0 Å². The van der Waals surface area contributed by atoms with Gasteiger partial charge in [-0.15, -0.1) is 0 Å². The number of hydrogen-bond donors (Lipinski definition) is 1. The van der Waals surface area contributed by atoms with E-state index in [1.165, 1.54) is 55.0 Å². The van der Waals surface area contributed by atoms with Crippen LogP contribution in [0.3, 0.4) is 0 Å². The van der Waals surface area contributed by atoms with Crippen LogP contribution in [0.5, 0.6) is 5.75 Å². The number of aryl methyl sites for hydroxylation is 1. The lowest BCUT2D eigenvalue weighted by Crippen LogP contribution is -2.45. The number of phenolic OH excluding ortho intramolecular Hbond substituents is 1. The average Bonchev–Trinajstić information content (AvgIpc) is 2.63. The summed E-state index contributed by atoms with van der Waals surface area (Å²) in [5.41, 5.74) is 5.45. The number of piperazine rings is 1. The van der Waals surface area contributed by atoms with E-state index in [1.54, 1.807) is 0 Å². The van der Waals surface area contributed by atoms with Gasteiger partial charge in [0, 0.05) is 50.5 Å². The SMILES string of the molecule is CN1CCN(CCCc2cc3c4c(c2O)C(C)(C)CCN4CCC3(C)C)CC1. The molecule has 0 spiro atoms. The fraction of sp³-hybridized carbons (Fsp3) is 0.750. The molecule has 1 fully saturated rings. The molecule has 4 rings (SSSR count). The number of rotatable bonds is 4. The van der Waals surface area contributed by atoms with Crippen molar-refractivity contribution in [2.24, 2.45) is 0 Å². The number of nitrogens with zero attached hydrogens (tertiary/aromatic N) is 3. The van der Waals surface area contributed by atoms with Crippen LogP contribution in [-0.2, 0) is 17.3 Å². The molecule has 3 heterocycles. The Morgan fingerprint density at radius 3 is 2.25 bits per heavy atom. The zero-order valence-electron chi connectivity index (χ0n) is 18.6. The van der Waals surface area contributed by atoms with Crippen molar-refractivity contribution in [1.29, 1.82) is 0 Å². The molecule has 0 atom stereocenters. The third kappa shape index (κ3) is 3.54. The molecule has 1 N–H and O–H groups in total. The van der Waals surface area contributed by atoms with Crippen LogP contribution in [0.2, 0.25) is 0 Å². The van der Waals surface area contributed by atoms with Gasteiger partial charge in [0.1, 0.15) is 5.75 Å². The van der Waals surface area contributed by atoms with Gasteiger partial charge in [0.25, 0.3) is 0 Å². The zero-order valence-corrected chi connectivity index (χ0v) is 18.6. The van der Waals surface area contributed by atoms with Gasteiger partial charge in [-0.2, -0.15) is 0 Å². The van der Waals surface area contributed by atoms with Gasteiger partial charge in [0.15, 0.2) is 0 Å². The number of likely N-dealkylation sites (N-methyl/N-ethyl adjacent to an activating group) is 1. The number of benzene rings is 1. The van der Waals surface area contributed by atoms with E-state index in [1.807, 2.05) is 0 Å². The number of anilines is 1. The normalized spacial score (nSPS) is 24.2. The first kappa shape index (κ1) is 20.0. The summed E-state index contributed by atoms with van der Waals surface area (Å²) >= 11 is 0. The molecule has 4 nitrogen and oxygen atoms in total. The predicted octanol–water partition coefficient (Wildman–Crippen LogP) is 3.74. The summed E-state index contributed by atoms with van der Waals surface area (Å²) in [6, 6.07) is 2.35. The van der Waals surface area contributed by atoms with E-state index in [4.69, 9.17) is 0 Å². The van der Waals surface area contributed by atoms with Gasteiger partial charge in [-0.3, -0.25) is 0 Å². The van der Waals surface area contributed by atoms with Gasteiger partial charge in [-0.25, -0.2) is 0 Å². The second-order valence-corrected chi connectivity index (χ2v) is 10.7. The highest BCUT2D eigenvalue weighted by atomic mass is 16.3. The first-order chi connectivity index (χ1) is 13.2. The zero-order chi connectivity index (χ0) is 20.1. The minimum absolute atomic E-state index is 0.0472. The molecular weight excluding hydrogens is 346 g/mol. The molecule has 1 saturated heterocycles. The van der Waals surface area contributed by atoms with Crippen LogP contribution in [0.25, 0.3) is 0 Å². The second-order valence-electron chi connectivity index (χ2n) is 10.7. The monoisotopic (exact) mass is 385 g/mol. The van der Waals surface area contributed by atoms with Gasteiger partial charge in [0.05, 0.1) is 0 Å². The molecular formula is C24H39N3O. The summed E-state index contributed by atoms with van der Waals surface area (Å²) in [6.07, 6.45) is 4.42. The van der Waals surface area contributed by atoms with Crippen molar-refractivity contribution in [1.82, 2.24) is 9.80 Å². The molecule has 3 aliphatic heterocycles. The summed E-state index contributed by atoms with van der Waals surface area (Å²) in [6.45, 7) is 17.5. The van der Waals surface area contributed by atoms with Gasteiger partial charge >= 0.3 is 0 Å². The summed E-state index contributed by atoms with van der Waals surface area (Å²) in [4.78, 5) is 7.52. The van der Waals surface area contributed by atoms with Gasteiger partial charge < -0.3 is 19.8 Å². The largest absolute Gasteiger partial charge is 0.507 e. The molecule has 0 unspecified atom stereocenters. The van der Waals surface area contributed by atoms with Crippen molar-refractivity contribution >= 4 is 5.69 Å². The summed E-state index contributed by atoms with van der Waals surface area (Å²) in [7, 11) is 2.21. The van der Waals surface area contributed by atoms with Gasteiger partial charge in [-0.05, 0) is 67.3 Å². The van der Waals surface area contributed by atoms with Crippen LogP contribution in [0.1, 0.15) is 63.6 Å². The first-order valence-electron chi connectivity index (χ1n) is 11.2. The molecule has 0 aromatic heterocycles. The minimum Gasteiger partial charge on any atom is -0.507 e. The minimum atomic E-state index is 0.0472. The smallest absolute Gasteiger partial charge is 0.124 e. The van der Waals surface area contributed by atoms with E-state index in [-0.39, 0.29) is 10.8 Å². The standard InChI is InChI=1S/C24H39N3O/c1-23(2)8-11-27-12-9-24(3,4)20-21(27)19(23)17-18(22(20)28)7-6-10-26-15-13-25(5)14-16-26/h17,28H,6-16H2,1-5H3. The molecule has 28 heavy (non-hydrogen) atoms. The Morgan fingerprint density at radius 2 is 1.57 bits per heavy atom. The third-order valence-electron chi connectivity index (χ3n) is 7.60. The molecule has 3 aliphatic rings. The lowest BCUT2D eigenvalue weighted by atomic mass is 9.68. The van der Waals surface area contributed by atoms with Crippen molar-refractivity contribution in [2.75, 3.05) is 57.8 Å². The molecule has 0 bridgehead atoms. The Hall–Kier alpha value is -1.26. The van der Waals surface area contributed by atoms with Crippen molar-refractivity contribution in [3.05, 3.63) is 22.8 Å². The topological polar surface area (TPSA) is 30.0 Å². The van der Waals surface area contributed by atoms with Gasteiger partial charge in [-0.1, -0.05) is 27.7 Å². The highest BCUT2D eigenvalue weighted by Gasteiger charge is 2.42. The van der Waals surface area contributed by atoms with E-state index < -0.39 is 0 Å². The van der Waals surface area contributed by atoms with Crippen LogP contribution in [-0.4, -0.2) is 67.8 Å². The highest BCUT2D eigenvalue weighted by molar-refractivity contribution is 5.73. The maximum Gasteiger partial charge on any atom is 0.124 e. The Morgan fingerprint density at radius 1 is 0.929 bits per heavy atom. The van der Waals surface area contributed by atoms with Crippen molar-refractivity contribution < 1.29 is 5.11 Å². The lowest BCUT2D eigenvalue weighted by Gasteiger charge is -2.48. The Kier molecular flexibility index (Phi) is 5.16. The highest BCUT2D eigenvalue weighted by Crippen LogP contribution is 2.53. The molecule has 0 amide bonds. The van der Waals surface area contributed by atoms with E-state index in [0.717, 1.165) is 38.9 Å². The summed E-state index contributed by atoms with van der Waals surface area (Å²) < 4.78 is 0.